The molecule has 6 aromatic heterocycles. The molecule has 14 rings (SSSR count). The van der Waals surface area contributed by atoms with E-state index in [2.05, 4.69) is 56.8 Å². The van der Waals surface area contributed by atoms with Gasteiger partial charge in [0.15, 0.2) is 5.88 Å². The van der Waals surface area contributed by atoms with Gasteiger partial charge in [-0.2, -0.15) is 15.0 Å². The summed E-state index contributed by atoms with van der Waals surface area (Å²) < 4.78 is 72.5. The number of oxime groups is 3. The molecule has 0 radical (unpaired) electrons. The lowest BCUT2D eigenvalue weighted by Gasteiger charge is -2.37. The molecule has 9 aromatic rings. The highest BCUT2D eigenvalue weighted by Gasteiger charge is 2.41. The molecule has 8 heterocycles. The lowest BCUT2D eigenvalue weighted by atomic mass is 9.86. The molecule has 2 atom stereocenters. The minimum absolute atomic E-state index is 0.0834. The predicted molar refractivity (Wildman–Crippen MR) is 386 cm³/mol. The van der Waals surface area contributed by atoms with Gasteiger partial charge in [0.2, 0.25) is 17.1 Å². The largest absolute Gasteiger partial charge is 0.480 e. The summed E-state index contributed by atoms with van der Waals surface area (Å²) in [6.07, 6.45) is 14.5. The fraction of sp³-hybridized carbons (Fsp3) is 0.403. The van der Waals surface area contributed by atoms with Crippen LogP contribution in [0.3, 0.4) is 0 Å². The number of piperidine rings is 1. The zero-order valence-electron chi connectivity index (χ0n) is 59.1. The van der Waals surface area contributed by atoms with Crippen LogP contribution in [-0.2, 0) is 43.1 Å². The number of nitrogens with one attached hydrogen (secondary N) is 3. The van der Waals surface area contributed by atoms with Crippen LogP contribution in [-0.4, -0.2) is 94.8 Å². The molecular weight excluding hydrogens is 1390 g/mol. The van der Waals surface area contributed by atoms with E-state index in [9.17, 15) is 51.5 Å². The second kappa shape index (κ2) is 34.6. The van der Waals surface area contributed by atoms with Crippen LogP contribution in [0.15, 0.2) is 161 Å². The van der Waals surface area contributed by atoms with Crippen LogP contribution in [0.2, 0.25) is 0 Å². The molecule has 3 saturated carbocycles. The fourth-order valence-corrected chi connectivity index (χ4v) is 14.2. The van der Waals surface area contributed by atoms with E-state index in [1.54, 1.807) is 36.4 Å². The topological polar surface area (TPSA) is 358 Å². The van der Waals surface area contributed by atoms with E-state index in [0.717, 1.165) is 81.3 Å². The average Bonchev–Trinajstić information content (AvgIpc) is 1.70. The van der Waals surface area contributed by atoms with Gasteiger partial charge in [0, 0.05) is 56.0 Å². The normalized spacial score (nSPS) is 17.7. The van der Waals surface area contributed by atoms with Crippen molar-refractivity contribution in [3.8, 4) is 18.0 Å². The Morgan fingerprint density at radius 1 is 0.533 bits per heavy atom. The number of esters is 2. The first-order valence-corrected chi connectivity index (χ1v) is 35.7. The van der Waals surface area contributed by atoms with Crippen LogP contribution in [0.5, 0.6) is 18.0 Å². The summed E-state index contributed by atoms with van der Waals surface area (Å²) >= 11 is 0. The Morgan fingerprint density at radius 3 is 1.27 bits per heavy atom. The molecule has 3 N–H and O–H groups in total. The summed E-state index contributed by atoms with van der Waals surface area (Å²) in [5, 5.41) is 12.7. The molecule has 0 spiro atoms. The van der Waals surface area contributed by atoms with Gasteiger partial charge in [-0.3, -0.25) is 38.9 Å². The predicted octanol–water partition coefficient (Wildman–Crippen LogP) is 11.8. The molecule has 30 heteroatoms. The SMILES string of the molecule is C=C(OCC)N1C2CCC1CC(=NOc1nc3oc(=O)cc(Cc4cccc(F)c4)c3c(=O)[nH]1)C2.CC(C)OC(=O)CC1CCC(=NOc2nc3oc(=O)cc(Cc4cccc(F)c4)c3c(=O)[nH]2)CC1.O=C(CC1CCC(=NOc2nc3oc(=O)cc(Cc4cccc(F)c4)c3c(=O)[nH]2)CC1)OC1CCCC1. The first-order chi connectivity index (χ1) is 51.6. The maximum absolute atomic E-state index is 13.6. The number of rotatable bonds is 21. The number of nitrogens with zero attached hydrogens (tertiary/aromatic N) is 7. The van der Waals surface area contributed by atoms with E-state index in [1.807, 2.05) is 20.8 Å². The highest BCUT2D eigenvalue weighted by Crippen LogP contribution is 2.38. The minimum atomic E-state index is -0.686. The number of hydrogen-bond donors (Lipinski definition) is 3. The number of H-pyrrole nitrogens is 3. The average molecular weight is 1470 g/mol. The second-order valence-electron chi connectivity index (χ2n) is 27.3. The van der Waals surface area contributed by atoms with E-state index in [4.69, 9.17) is 42.0 Å². The van der Waals surface area contributed by atoms with Crippen LogP contribution in [0.1, 0.15) is 170 Å². The van der Waals surface area contributed by atoms with Crippen LogP contribution in [0, 0.1) is 29.3 Å². The summed E-state index contributed by atoms with van der Waals surface area (Å²) in [4.78, 5) is 137. The van der Waals surface area contributed by atoms with Crippen LogP contribution < -0.4 is 48.1 Å². The zero-order chi connectivity index (χ0) is 75.3. The molecule has 3 aliphatic carbocycles. The molecule has 5 aliphatic rings. The molecule has 2 unspecified atom stereocenters. The molecule has 560 valence electrons. The summed E-state index contributed by atoms with van der Waals surface area (Å²) in [5.74, 6) is -0.391. The van der Waals surface area contributed by atoms with Crippen molar-refractivity contribution in [1.82, 2.24) is 34.8 Å². The van der Waals surface area contributed by atoms with Crippen LogP contribution in [0.25, 0.3) is 33.3 Å². The molecule has 107 heavy (non-hydrogen) atoms. The number of benzene rings is 3. The van der Waals surface area contributed by atoms with E-state index in [0.29, 0.717) is 97.2 Å². The van der Waals surface area contributed by atoms with Crippen molar-refractivity contribution in [2.75, 3.05) is 6.61 Å². The molecule has 3 aromatic carbocycles. The summed E-state index contributed by atoms with van der Waals surface area (Å²) in [5.41, 5.74) is 1.12. The summed E-state index contributed by atoms with van der Waals surface area (Å²) in [7, 11) is 0. The number of carbonyl (C=O) groups is 2. The van der Waals surface area contributed by atoms with E-state index in [-0.39, 0.29) is 119 Å². The summed E-state index contributed by atoms with van der Waals surface area (Å²) in [6.45, 7) is 10.2. The first-order valence-electron chi connectivity index (χ1n) is 35.7. The third-order valence-electron chi connectivity index (χ3n) is 19.1. The number of fused-ring (bicyclic) bond motifs is 5. The van der Waals surface area contributed by atoms with Gasteiger partial charge in [-0.05, 0) is 218 Å². The van der Waals surface area contributed by atoms with Gasteiger partial charge in [-0.25, -0.2) is 27.6 Å². The van der Waals surface area contributed by atoms with Gasteiger partial charge in [-0.1, -0.05) is 51.9 Å². The Kier molecular flexibility index (Phi) is 24.3. The van der Waals surface area contributed by atoms with Gasteiger partial charge in [-0.15, -0.1) is 0 Å². The lowest BCUT2D eigenvalue weighted by molar-refractivity contribution is -0.150. The number of hydrogen-bond acceptors (Lipinski definition) is 24. The maximum atomic E-state index is 13.6. The quantitative estimate of drug-likeness (QED) is 0.0342. The molecule has 0 amide bonds. The van der Waals surface area contributed by atoms with Gasteiger partial charge >= 0.3 is 46.8 Å². The molecule has 2 saturated heterocycles. The lowest BCUT2D eigenvalue weighted by Crippen LogP contribution is -2.42. The number of carbonyl (C=O) groups excluding carboxylic acids is 2. The Morgan fingerprint density at radius 2 is 0.907 bits per heavy atom. The van der Waals surface area contributed by atoms with Gasteiger partial charge in [0.25, 0.3) is 16.7 Å². The number of aromatic nitrogens is 6. The van der Waals surface area contributed by atoms with Crippen molar-refractivity contribution in [2.45, 2.75) is 180 Å². The Labute approximate surface area is 607 Å². The molecule has 5 fully saturated rings. The Bertz CT molecular complexity index is 5240. The van der Waals surface area contributed by atoms with Crippen molar-refractivity contribution in [3.05, 3.63) is 217 Å². The van der Waals surface area contributed by atoms with E-state index in [1.165, 1.54) is 54.6 Å². The van der Waals surface area contributed by atoms with Crippen molar-refractivity contribution < 1.29 is 64.7 Å². The van der Waals surface area contributed by atoms with Crippen molar-refractivity contribution in [1.29, 1.82) is 0 Å². The standard InChI is InChI=1S/C27H28FN3O6.C25H25FN4O5.C25H26FN3O6/c28-19-5-3-4-17(13-19)12-18-15-23(33)36-26-24(18)25(34)29-27(30-26)37-31-20-10-8-16(9-11-20)14-22(32)35-21-6-1-2-7-21;1-3-33-14(2)30-19-7-8-20(30)13-18(12-19)29-35-25-27-23(32)22-16(11-21(31)34-24(22)28-25)9-15-5-4-6-17(26)10-15;1-14(2)33-20(30)12-15-6-8-19(9-7-15)29-35-25-27-23(32)22-17(13-21(31)34-24(22)28-25)10-16-4-3-5-18(26)11-16/h3-5,13,15-16,21H,1-2,6-12,14H2,(H,29,30,34);4-6,10-11,19-20H,2-3,7-9,12-13H2,1H3,(H,27,28,32);3-5,11,13-15H,6-10,12H2,1-2H3,(H,27,28,32). The molecule has 2 bridgehead atoms. The maximum Gasteiger partial charge on any atom is 0.337 e. The third-order valence-corrected chi connectivity index (χ3v) is 19.1. The van der Waals surface area contributed by atoms with Gasteiger partial charge < -0.3 is 46.9 Å². The monoisotopic (exact) mass is 1470 g/mol. The Hall–Kier alpha value is -11.6. The number of ether oxygens (including phenoxy) is 3. The smallest absolute Gasteiger partial charge is 0.337 e. The van der Waals surface area contributed by atoms with Gasteiger partial charge in [0.05, 0.1) is 29.8 Å². The molecule has 27 nitrogen and oxygen atoms in total. The van der Waals surface area contributed by atoms with E-state index >= 15 is 0 Å². The van der Waals surface area contributed by atoms with E-state index < -0.39 is 51.0 Å². The highest BCUT2D eigenvalue weighted by molar-refractivity contribution is 5.87. The van der Waals surface area contributed by atoms with Crippen molar-refractivity contribution in [3.63, 3.8) is 0 Å². The highest BCUT2D eigenvalue weighted by atomic mass is 19.1. The third kappa shape index (κ3) is 20.1. The molecule has 2 aliphatic heterocycles. The first kappa shape index (κ1) is 75.1. The Balaban J connectivity index is 0.000000150. The molecular formula is C77H79F3N10O17. The number of aromatic amines is 3. The number of halogens is 3. The van der Waals surface area contributed by atoms with Gasteiger partial charge in [0.1, 0.15) is 39.7 Å². The fourth-order valence-electron chi connectivity index (χ4n) is 14.2. The minimum Gasteiger partial charge on any atom is -0.480 e. The van der Waals surface area contributed by atoms with Crippen LogP contribution >= 0.6 is 0 Å². The zero-order valence-corrected chi connectivity index (χ0v) is 59.1. The van der Waals surface area contributed by atoms with Crippen molar-refractivity contribution in [2.24, 2.45) is 27.3 Å². The summed E-state index contributed by atoms with van der Waals surface area (Å²) in [6, 6.07) is 21.3. The van der Waals surface area contributed by atoms with Crippen LogP contribution in [0.4, 0.5) is 13.2 Å². The van der Waals surface area contributed by atoms with Crippen molar-refractivity contribution >= 4 is 62.4 Å². The second-order valence-corrected chi connectivity index (χ2v) is 27.3.